The van der Waals surface area contributed by atoms with Gasteiger partial charge in [-0.15, -0.1) is 0 Å². The molecule has 24 heavy (non-hydrogen) atoms. The number of carbonyl (C=O) groups excluding carboxylic acids is 1. The predicted octanol–water partition coefficient (Wildman–Crippen LogP) is 4.90. The average Bonchev–Trinajstić information content (AvgIpc) is 2.73. The number of hydrogen-bond acceptors (Lipinski definition) is 3. The lowest BCUT2D eigenvalue weighted by atomic mass is 10.00. The van der Waals surface area contributed by atoms with Crippen molar-refractivity contribution in [1.82, 2.24) is 4.90 Å². The SMILES string of the molecule is CC(C)(C)OC(=O)N1[C@@H]2CC[C@H]1C[C@H](Oc1ccc(F)c(Br)c1)C2. The lowest BCUT2D eigenvalue weighted by Crippen LogP contribution is -2.50. The number of amides is 1. The Hall–Kier alpha value is -1.30. The molecule has 0 aromatic heterocycles. The van der Waals surface area contributed by atoms with E-state index in [0.717, 1.165) is 25.7 Å². The molecule has 0 spiro atoms. The molecule has 4 nitrogen and oxygen atoms in total. The van der Waals surface area contributed by atoms with Gasteiger partial charge in [-0.2, -0.15) is 0 Å². The molecule has 0 saturated carbocycles. The van der Waals surface area contributed by atoms with E-state index in [4.69, 9.17) is 9.47 Å². The molecule has 6 heteroatoms. The van der Waals surface area contributed by atoms with Gasteiger partial charge in [-0.25, -0.2) is 9.18 Å². The van der Waals surface area contributed by atoms with E-state index in [1.54, 1.807) is 12.1 Å². The third-order valence-electron chi connectivity index (χ3n) is 4.49. The van der Waals surface area contributed by atoms with Crippen LogP contribution in [0, 0.1) is 5.82 Å². The highest BCUT2D eigenvalue weighted by Gasteiger charge is 2.45. The van der Waals surface area contributed by atoms with Gasteiger partial charge < -0.3 is 14.4 Å². The molecule has 2 bridgehead atoms. The van der Waals surface area contributed by atoms with E-state index in [2.05, 4.69) is 15.9 Å². The van der Waals surface area contributed by atoms with E-state index in [1.165, 1.54) is 6.07 Å². The summed E-state index contributed by atoms with van der Waals surface area (Å²) < 4.78 is 25.3. The van der Waals surface area contributed by atoms with Crippen LogP contribution in [-0.2, 0) is 4.74 Å². The molecular formula is C18H23BrFNO3. The van der Waals surface area contributed by atoms with Gasteiger partial charge in [-0.05, 0) is 67.7 Å². The molecule has 0 unspecified atom stereocenters. The maximum absolute atomic E-state index is 13.3. The van der Waals surface area contributed by atoms with E-state index < -0.39 is 5.60 Å². The van der Waals surface area contributed by atoms with E-state index in [1.807, 2.05) is 25.7 Å². The highest BCUT2D eigenvalue weighted by Crippen LogP contribution is 2.38. The minimum Gasteiger partial charge on any atom is -0.490 e. The standard InChI is InChI=1S/C18H23BrFNO3/c1-18(2,3)24-17(22)21-11-4-5-12(21)9-14(8-11)23-13-6-7-16(20)15(19)10-13/h6-7,10-12,14H,4-5,8-9H2,1-3H3/t11-,12+,14-. The first-order valence-electron chi connectivity index (χ1n) is 8.36. The van der Waals surface area contributed by atoms with Crippen LogP contribution in [0.4, 0.5) is 9.18 Å². The Kier molecular flexibility index (Phi) is 4.78. The summed E-state index contributed by atoms with van der Waals surface area (Å²) in [7, 11) is 0. The van der Waals surface area contributed by atoms with Gasteiger partial charge in [-0.3, -0.25) is 0 Å². The number of fused-ring (bicyclic) bond motifs is 2. The molecular weight excluding hydrogens is 377 g/mol. The van der Waals surface area contributed by atoms with Crippen molar-refractivity contribution in [3.8, 4) is 5.75 Å². The summed E-state index contributed by atoms with van der Waals surface area (Å²) in [5, 5.41) is 0. The van der Waals surface area contributed by atoms with Crippen LogP contribution in [0.1, 0.15) is 46.5 Å². The van der Waals surface area contributed by atoms with E-state index >= 15 is 0 Å². The topological polar surface area (TPSA) is 38.8 Å². The molecule has 3 atom stereocenters. The maximum Gasteiger partial charge on any atom is 0.410 e. The second kappa shape index (κ2) is 6.54. The number of rotatable bonds is 2. The van der Waals surface area contributed by atoms with Crippen molar-refractivity contribution in [2.75, 3.05) is 0 Å². The minimum absolute atomic E-state index is 0.0403. The van der Waals surface area contributed by atoms with Crippen molar-refractivity contribution >= 4 is 22.0 Å². The third-order valence-corrected chi connectivity index (χ3v) is 5.10. The Balaban J connectivity index is 1.64. The van der Waals surface area contributed by atoms with Crippen molar-refractivity contribution < 1.29 is 18.7 Å². The molecule has 0 N–H and O–H groups in total. The Morgan fingerprint density at radius 1 is 1.25 bits per heavy atom. The molecule has 0 aliphatic carbocycles. The molecule has 1 aromatic carbocycles. The molecule has 0 radical (unpaired) electrons. The highest BCUT2D eigenvalue weighted by molar-refractivity contribution is 9.10. The monoisotopic (exact) mass is 399 g/mol. The van der Waals surface area contributed by atoms with Crippen molar-refractivity contribution in [2.45, 2.75) is 70.2 Å². The van der Waals surface area contributed by atoms with Gasteiger partial charge in [0.1, 0.15) is 23.3 Å². The molecule has 2 heterocycles. The van der Waals surface area contributed by atoms with Crippen LogP contribution in [0.15, 0.2) is 22.7 Å². The van der Waals surface area contributed by atoms with Crippen LogP contribution in [0.2, 0.25) is 0 Å². The van der Waals surface area contributed by atoms with Crippen LogP contribution in [0.3, 0.4) is 0 Å². The first-order chi connectivity index (χ1) is 11.2. The third kappa shape index (κ3) is 3.85. The minimum atomic E-state index is -0.482. The number of benzene rings is 1. The Morgan fingerprint density at radius 3 is 2.42 bits per heavy atom. The van der Waals surface area contributed by atoms with Crippen LogP contribution in [-0.4, -0.2) is 34.8 Å². The molecule has 132 valence electrons. The Morgan fingerprint density at radius 2 is 1.88 bits per heavy atom. The summed E-state index contributed by atoms with van der Waals surface area (Å²) in [4.78, 5) is 14.3. The number of hydrogen-bond donors (Lipinski definition) is 0. The number of halogens is 2. The number of nitrogens with zero attached hydrogens (tertiary/aromatic N) is 1. The zero-order chi connectivity index (χ0) is 17.5. The van der Waals surface area contributed by atoms with E-state index in [9.17, 15) is 9.18 Å². The zero-order valence-electron chi connectivity index (χ0n) is 14.2. The van der Waals surface area contributed by atoms with Crippen molar-refractivity contribution in [3.63, 3.8) is 0 Å². The smallest absolute Gasteiger partial charge is 0.410 e. The van der Waals surface area contributed by atoms with Gasteiger partial charge in [0.2, 0.25) is 0 Å². The lowest BCUT2D eigenvalue weighted by Gasteiger charge is -2.39. The molecule has 2 aliphatic rings. The largest absolute Gasteiger partial charge is 0.490 e. The summed E-state index contributed by atoms with van der Waals surface area (Å²) in [5.74, 6) is 0.348. The zero-order valence-corrected chi connectivity index (χ0v) is 15.8. The maximum atomic E-state index is 13.3. The summed E-state index contributed by atoms with van der Waals surface area (Å²) in [5.41, 5.74) is -0.482. The number of piperidine rings is 1. The fraction of sp³-hybridized carbons (Fsp3) is 0.611. The molecule has 2 saturated heterocycles. The van der Waals surface area contributed by atoms with E-state index in [0.29, 0.717) is 10.2 Å². The normalized spacial score (nSPS) is 26.4. The Bertz CT molecular complexity index is 617. The summed E-state index contributed by atoms with van der Waals surface area (Å²) in [6.45, 7) is 5.65. The summed E-state index contributed by atoms with van der Waals surface area (Å²) in [6, 6.07) is 5.00. The fourth-order valence-electron chi connectivity index (χ4n) is 3.58. The van der Waals surface area contributed by atoms with Crippen molar-refractivity contribution in [2.24, 2.45) is 0 Å². The van der Waals surface area contributed by atoms with Gasteiger partial charge in [0.15, 0.2) is 0 Å². The van der Waals surface area contributed by atoms with Crippen LogP contribution >= 0.6 is 15.9 Å². The van der Waals surface area contributed by atoms with Crippen LogP contribution in [0.25, 0.3) is 0 Å². The summed E-state index contributed by atoms with van der Waals surface area (Å²) in [6.07, 6.45) is 3.35. The molecule has 2 aliphatic heterocycles. The van der Waals surface area contributed by atoms with Crippen molar-refractivity contribution in [3.05, 3.63) is 28.5 Å². The molecule has 3 rings (SSSR count). The quantitative estimate of drug-likeness (QED) is 0.709. The number of carbonyl (C=O) groups is 1. The summed E-state index contributed by atoms with van der Waals surface area (Å²) >= 11 is 3.18. The first kappa shape index (κ1) is 17.5. The lowest BCUT2D eigenvalue weighted by molar-refractivity contribution is -0.00709. The highest BCUT2D eigenvalue weighted by atomic mass is 79.9. The number of ether oxygens (including phenoxy) is 2. The van der Waals surface area contributed by atoms with Crippen molar-refractivity contribution in [1.29, 1.82) is 0 Å². The van der Waals surface area contributed by atoms with E-state index in [-0.39, 0.29) is 30.1 Å². The fourth-order valence-corrected chi connectivity index (χ4v) is 3.94. The van der Waals surface area contributed by atoms with Gasteiger partial charge in [0.05, 0.1) is 4.47 Å². The molecule has 2 fully saturated rings. The van der Waals surface area contributed by atoms with Crippen LogP contribution < -0.4 is 4.74 Å². The van der Waals surface area contributed by atoms with Gasteiger partial charge in [0, 0.05) is 24.9 Å². The molecule has 1 aromatic rings. The van der Waals surface area contributed by atoms with Gasteiger partial charge in [0.25, 0.3) is 0 Å². The molecule has 1 amide bonds. The predicted molar refractivity (Wildman–Crippen MR) is 92.6 cm³/mol. The first-order valence-corrected chi connectivity index (χ1v) is 9.15. The second-order valence-electron chi connectivity index (χ2n) is 7.56. The Labute approximate surface area is 150 Å². The van der Waals surface area contributed by atoms with Gasteiger partial charge in [-0.1, -0.05) is 0 Å². The average molecular weight is 400 g/mol. The van der Waals surface area contributed by atoms with Gasteiger partial charge >= 0.3 is 6.09 Å². The second-order valence-corrected chi connectivity index (χ2v) is 8.41. The van der Waals surface area contributed by atoms with Crippen LogP contribution in [0.5, 0.6) is 5.75 Å².